The zero-order valence-electron chi connectivity index (χ0n) is 11.9. The Morgan fingerprint density at radius 3 is 2.80 bits per heavy atom. The average molecular weight is 273 g/mol. The van der Waals surface area contributed by atoms with Gasteiger partial charge < -0.3 is 15.5 Å². The Kier molecular flexibility index (Phi) is 4.21. The van der Waals surface area contributed by atoms with Gasteiger partial charge in [0.2, 0.25) is 5.91 Å². The minimum atomic E-state index is 0.189. The molecular weight excluding hydrogens is 250 g/mol. The minimum absolute atomic E-state index is 0.189. The lowest BCUT2D eigenvalue weighted by molar-refractivity contribution is -0.119. The topological polar surface area (TPSA) is 44.4 Å². The van der Waals surface area contributed by atoms with Crippen LogP contribution in [0.1, 0.15) is 31.2 Å². The molecule has 1 aromatic carbocycles. The second kappa shape index (κ2) is 6.27. The number of carbonyl (C=O) groups is 1. The normalized spacial score (nSPS) is 22.3. The number of hydrogen-bond donors (Lipinski definition) is 2. The van der Waals surface area contributed by atoms with E-state index < -0.39 is 0 Å². The van der Waals surface area contributed by atoms with Crippen molar-refractivity contribution in [3.05, 3.63) is 29.8 Å². The smallest absolute Gasteiger partial charge is 0.220 e. The number of para-hydroxylation sites is 1. The Balaban J connectivity index is 1.55. The lowest BCUT2D eigenvalue weighted by atomic mass is 10.1. The number of nitrogens with one attached hydrogen (secondary N) is 2. The van der Waals surface area contributed by atoms with E-state index in [0.717, 1.165) is 19.5 Å². The molecule has 0 saturated carbocycles. The van der Waals surface area contributed by atoms with E-state index in [4.69, 9.17) is 0 Å². The van der Waals surface area contributed by atoms with Crippen molar-refractivity contribution >= 4 is 11.6 Å². The van der Waals surface area contributed by atoms with Crippen LogP contribution in [-0.2, 0) is 11.3 Å². The Morgan fingerprint density at radius 2 is 2.05 bits per heavy atom. The van der Waals surface area contributed by atoms with Gasteiger partial charge >= 0.3 is 0 Å². The van der Waals surface area contributed by atoms with Crippen molar-refractivity contribution in [2.75, 3.05) is 24.5 Å². The summed E-state index contributed by atoms with van der Waals surface area (Å²) >= 11 is 0. The highest BCUT2D eigenvalue weighted by atomic mass is 16.1. The van der Waals surface area contributed by atoms with Crippen LogP contribution in [0.3, 0.4) is 0 Å². The molecule has 4 heteroatoms. The molecule has 1 unspecified atom stereocenters. The van der Waals surface area contributed by atoms with Crippen LogP contribution in [0.4, 0.5) is 5.69 Å². The molecule has 0 radical (unpaired) electrons. The largest absolute Gasteiger partial charge is 0.371 e. The van der Waals surface area contributed by atoms with Crippen LogP contribution in [0.25, 0.3) is 0 Å². The maximum atomic E-state index is 11.2. The van der Waals surface area contributed by atoms with E-state index >= 15 is 0 Å². The maximum absolute atomic E-state index is 11.2. The Labute approximate surface area is 120 Å². The van der Waals surface area contributed by atoms with Crippen molar-refractivity contribution in [3.8, 4) is 0 Å². The van der Waals surface area contributed by atoms with Crippen LogP contribution in [0.2, 0.25) is 0 Å². The standard InChI is InChI=1S/C16H23N3O/c20-16-8-7-14(18-16)12-17-11-13-5-1-2-6-15(13)19-9-3-4-10-19/h1-2,5-6,14,17H,3-4,7-12H2,(H,18,20). The van der Waals surface area contributed by atoms with Gasteiger partial charge in [0.25, 0.3) is 0 Å². The van der Waals surface area contributed by atoms with E-state index in [1.54, 1.807) is 0 Å². The SMILES string of the molecule is O=C1CCC(CNCc2ccccc2N2CCCC2)N1. The second-order valence-corrected chi connectivity index (χ2v) is 5.76. The zero-order valence-corrected chi connectivity index (χ0v) is 11.9. The molecule has 2 saturated heterocycles. The first-order chi connectivity index (χ1) is 9.83. The molecule has 0 aromatic heterocycles. The van der Waals surface area contributed by atoms with Gasteiger partial charge in [-0.05, 0) is 30.9 Å². The Hall–Kier alpha value is -1.55. The number of nitrogens with zero attached hydrogens (tertiary/aromatic N) is 1. The molecule has 2 aliphatic rings. The van der Waals surface area contributed by atoms with E-state index in [9.17, 15) is 4.79 Å². The highest BCUT2D eigenvalue weighted by Gasteiger charge is 2.20. The lowest BCUT2D eigenvalue weighted by Crippen LogP contribution is -2.35. The highest BCUT2D eigenvalue weighted by Crippen LogP contribution is 2.24. The molecule has 2 fully saturated rings. The fraction of sp³-hybridized carbons (Fsp3) is 0.562. The molecular formula is C16H23N3O. The van der Waals surface area contributed by atoms with Gasteiger partial charge in [0.15, 0.2) is 0 Å². The Morgan fingerprint density at radius 1 is 1.25 bits per heavy atom. The molecule has 0 bridgehead atoms. The second-order valence-electron chi connectivity index (χ2n) is 5.76. The van der Waals surface area contributed by atoms with Gasteiger partial charge in [-0.15, -0.1) is 0 Å². The quantitative estimate of drug-likeness (QED) is 0.857. The van der Waals surface area contributed by atoms with Crippen LogP contribution in [0.5, 0.6) is 0 Å². The van der Waals surface area contributed by atoms with Crippen LogP contribution in [0, 0.1) is 0 Å². The third kappa shape index (κ3) is 3.12. The molecule has 1 atom stereocenters. The summed E-state index contributed by atoms with van der Waals surface area (Å²) < 4.78 is 0. The van der Waals surface area contributed by atoms with Crippen molar-refractivity contribution in [1.82, 2.24) is 10.6 Å². The fourth-order valence-electron chi connectivity index (χ4n) is 3.14. The minimum Gasteiger partial charge on any atom is -0.371 e. The van der Waals surface area contributed by atoms with Crippen molar-refractivity contribution in [2.45, 2.75) is 38.3 Å². The van der Waals surface area contributed by atoms with Crippen molar-refractivity contribution in [3.63, 3.8) is 0 Å². The van der Waals surface area contributed by atoms with Crippen LogP contribution >= 0.6 is 0 Å². The van der Waals surface area contributed by atoms with Gasteiger partial charge in [0.05, 0.1) is 0 Å². The van der Waals surface area contributed by atoms with Crippen LogP contribution < -0.4 is 15.5 Å². The van der Waals surface area contributed by atoms with E-state index in [1.807, 2.05) is 0 Å². The molecule has 0 spiro atoms. The van der Waals surface area contributed by atoms with E-state index in [0.29, 0.717) is 12.5 Å². The monoisotopic (exact) mass is 273 g/mol. The van der Waals surface area contributed by atoms with Crippen LogP contribution in [0.15, 0.2) is 24.3 Å². The molecule has 1 amide bonds. The van der Waals surface area contributed by atoms with Gasteiger partial charge in [-0.25, -0.2) is 0 Å². The van der Waals surface area contributed by atoms with Gasteiger partial charge in [-0.3, -0.25) is 4.79 Å². The molecule has 0 aliphatic carbocycles. The lowest BCUT2D eigenvalue weighted by Gasteiger charge is -2.22. The summed E-state index contributed by atoms with van der Waals surface area (Å²) in [4.78, 5) is 13.6. The molecule has 1 aromatic rings. The van der Waals surface area contributed by atoms with Crippen molar-refractivity contribution in [1.29, 1.82) is 0 Å². The highest BCUT2D eigenvalue weighted by molar-refractivity contribution is 5.78. The first kappa shape index (κ1) is 13.4. The summed E-state index contributed by atoms with van der Waals surface area (Å²) in [5.41, 5.74) is 2.73. The van der Waals surface area contributed by atoms with Gasteiger partial charge in [-0.2, -0.15) is 0 Å². The summed E-state index contributed by atoms with van der Waals surface area (Å²) in [6.07, 6.45) is 4.24. The van der Waals surface area contributed by atoms with E-state index in [2.05, 4.69) is 39.8 Å². The van der Waals surface area contributed by atoms with Gasteiger partial charge in [-0.1, -0.05) is 18.2 Å². The van der Waals surface area contributed by atoms with Crippen molar-refractivity contribution in [2.24, 2.45) is 0 Å². The number of anilines is 1. The summed E-state index contributed by atoms with van der Waals surface area (Å²) in [5.74, 6) is 0.189. The molecule has 2 N–H and O–H groups in total. The molecule has 2 heterocycles. The molecule has 2 aliphatic heterocycles. The molecule has 3 rings (SSSR count). The third-order valence-electron chi connectivity index (χ3n) is 4.23. The molecule has 20 heavy (non-hydrogen) atoms. The summed E-state index contributed by atoms with van der Waals surface area (Å²) in [7, 11) is 0. The third-order valence-corrected chi connectivity index (χ3v) is 4.23. The first-order valence-corrected chi connectivity index (χ1v) is 7.66. The number of carbonyl (C=O) groups excluding carboxylic acids is 1. The predicted octanol–water partition coefficient (Wildman–Crippen LogP) is 1.66. The van der Waals surface area contributed by atoms with E-state index in [-0.39, 0.29) is 5.91 Å². The number of benzene rings is 1. The average Bonchev–Trinajstić information content (AvgIpc) is 3.11. The van der Waals surface area contributed by atoms with E-state index in [1.165, 1.54) is 37.2 Å². The summed E-state index contributed by atoms with van der Waals surface area (Å²) in [6, 6.07) is 8.96. The number of amides is 1. The van der Waals surface area contributed by atoms with Crippen LogP contribution in [-0.4, -0.2) is 31.6 Å². The fourth-order valence-corrected chi connectivity index (χ4v) is 3.14. The zero-order chi connectivity index (χ0) is 13.8. The number of rotatable bonds is 5. The van der Waals surface area contributed by atoms with Crippen molar-refractivity contribution < 1.29 is 4.79 Å². The summed E-state index contributed by atoms with van der Waals surface area (Å²) in [5, 5.41) is 6.48. The number of hydrogen-bond acceptors (Lipinski definition) is 3. The van der Waals surface area contributed by atoms with Gasteiger partial charge in [0, 0.05) is 44.3 Å². The van der Waals surface area contributed by atoms with Gasteiger partial charge in [0.1, 0.15) is 0 Å². The molecule has 4 nitrogen and oxygen atoms in total. The predicted molar refractivity (Wildman–Crippen MR) is 80.8 cm³/mol. The maximum Gasteiger partial charge on any atom is 0.220 e. The molecule has 108 valence electrons. The Bertz CT molecular complexity index is 469. The first-order valence-electron chi connectivity index (χ1n) is 7.66. The summed E-state index contributed by atoms with van der Waals surface area (Å²) in [6.45, 7) is 4.09.